The van der Waals surface area contributed by atoms with E-state index in [1.54, 1.807) is 30.5 Å². The SMILES string of the molecule is CCN(c1ncccc1C(=O)Nc1ccc(-n2nc(-c3cccnc3)cc2C(F)(F)F)nc1)N1CCOCC1. The number of pyridine rings is 3. The molecule has 0 unspecified atom stereocenters. The van der Waals surface area contributed by atoms with Gasteiger partial charge >= 0.3 is 6.18 Å². The Morgan fingerprint density at radius 2 is 1.87 bits per heavy atom. The lowest BCUT2D eigenvalue weighted by atomic mass is 10.2. The average Bonchev–Trinajstić information content (AvgIpc) is 3.42. The van der Waals surface area contributed by atoms with Gasteiger partial charge in [-0.3, -0.25) is 14.8 Å². The summed E-state index contributed by atoms with van der Waals surface area (Å²) in [6, 6.07) is 10.4. The minimum atomic E-state index is -4.66. The molecule has 5 rings (SSSR count). The molecule has 0 bridgehead atoms. The molecular formula is C26H25F3N8O2. The van der Waals surface area contributed by atoms with Crippen molar-refractivity contribution >= 4 is 17.4 Å². The van der Waals surface area contributed by atoms with E-state index in [0.29, 0.717) is 55.5 Å². The molecule has 1 amide bonds. The largest absolute Gasteiger partial charge is 0.433 e. The van der Waals surface area contributed by atoms with Gasteiger partial charge in [0.15, 0.2) is 17.3 Å². The molecule has 10 nitrogen and oxygen atoms in total. The molecule has 0 atom stereocenters. The van der Waals surface area contributed by atoms with Crippen molar-refractivity contribution in [2.75, 3.05) is 43.2 Å². The molecule has 0 aliphatic carbocycles. The normalized spacial score (nSPS) is 14.3. The van der Waals surface area contributed by atoms with Gasteiger partial charge in [-0.05, 0) is 49.4 Å². The highest BCUT2D eigenvalue weighted by atomic mass is 19.4. The molecule has 5 heterocycles. The van der Waals surface area contributed by atoms with Crippen LogP contribution in [-0.4, -0.2) is 68.5 Å². The number of halogens is 3. The van der Waals surface area contributed by atoms with Gasteiger partial charge in [-0.1, -0.05) is 0 Å². The van der Waals surface area contributed by atoms with Gasteiger partial charge in [0.25, 0.3) is 5.91 Å². The molecule has 1 fully saturated rings. The maximum absolute atomic E-state index is 13.8. The van der Waals surface area contributed by atoms with E-state index in [2.05, 4.69) is 30.4 Å². The summed E-state index contributed by atoms with van der Waals surface area (Å²) in [6.45, 7) is 5.08. The number of hydrogen-bond donors (Lipinski definition) is 1. The predicted molar refractivity (Wildman–Crippen MR) is 137 cm³/mol. The van der Waals surface area contributed by atoms with Crippen molar-refractivity contribution in [1.29, 1.82) is 0 Å². The van der Waals surface area contributed by atoms with Gasteiger partial charge in [0.1, 0.15) is 0 Å². The van der Waals surface area contributed by atoms with Crippen molar-refractivity contribution in [3.05, 3.63) is 78.5 Å². The summed E-state index contributed by atoms with van der Waals surface area (Å²) in [5, 5.41) is 10.9. The zero-order chi connectivity index (χ0) is 27.4. The second-order valence-electron chi connectivity index (χ2n) is 8.58. The van der Waals surface area contributed by atoms with Crippen LogP contribution in [0.15, 0.2) is 67.3 Å². The lowest BCUT2D eigenvalue weighted by Gasteiger charge is -2.38. The Labute approximate surface area is 222 Å². The standard InChI is InChI=1S/C26H25F3N8O2/c1-2-36(35-11-13-39-14-12-35)24-20(6-4-10-31-24)25(38)33-19-7-8-23(32-17-19)37-22(26(27,28)29)15-21(34-37)18-5-3-9-30-16-18/h3-10,15-17H,2,11-14H2,1H3,(H,33,38). The number of rotatable bonds is 7. The maximum Gasteiger partial charge on any atom is 0.433 e. The average molecular weight is 539 g/mol. The first-order chi connectivity index (χ1) is 18.8. The summed E-state index contributed by atoms with van der Waals surface area (Å²) >= 11 is 0. The molecule has 0 spiro atoms. The molecule has 202 valence electrons. The Hall–Kier alpha value is -4.36. The van der Waals surface area contributed by atoms with Crippen molar-refractivity contribution < 1.29 is 22.7 Å². The fraction of sp³-hybridized carbons (Fsp3) is 0.269. The van der Waals surface area contributed by atoms with Crippen molar-refractivity contribution in [2.45, 2.75) is 13.1 Å². The van der Waals surface area contributed by atoms with E-state index in [-0.39, 0.29) is 11.5 Å². The number of aromatic nitrogens is 5. The molecule has 13 heteroatoms. The van der Waals surface area contributed by atoms with E-state index < -0.39 is 17.8 Å². The van der Waals surface area contributed by atoms with Crippen molar-refractivity contribution in [3.63, 3.8) is 0 Å². The quantitative estimate of drug-likeness (QED) is 0.376. The Morgan fingerprint density at radius 1 is 1.08 bits per heavy atom. The van der Waals surface area contributed by atoms with E-state index in [9.17, 15) is 18.0 Å². The van der Waals surface area contributed by atoms with Crippen LogP contribution >= 0.6 is 0 Å². The Bertz CT molecular complexity index is 1420. The molecule has 1 N–H and O–H groups in total. The third kappa shape index (κ3) is 5.73. The van der Waals surface area contributed by atoms with Crippen LogP contribution in [0.2, 0.25) is 0 Å². The lowest BCUT2D eigenvalue weighted by molar-refractivity contribution is -0.142. The van der Waals surface area contributed by atoms with Gasteiger partial charge in [0.2, 0.25) is 0 Å². The number of nitrogens with one attached hydrogen (secondary N) is 1. The number of carbonyl (C=O) groups excluding carboxylic acids is 1. The van der Waals surface area contributed by atoms with Crippen molar-refractivity contribution in [1.82, 2.24) is 29.7 Å². The molecule has 1 aliphatic rings. The summed E-state index contributed by atoms with van der Waals surface area (Å²) in [5.74, 6) is 0.0218. The first kappa shape index (κ1) is 26.3. The predicted octanol–water partition coefficient (Wildman–Crippen LogP) is 4.07. The molecule has 4 aromatic rings. The number of hydrazine groups is 1. The number of anilines is 2. The van der Waals surface area contributed by atoms with Crippen LogP contribution in [0.25, 0.3) is 17.1 Å². The fourth-order valence-electron chi connectivity index (χ4n) is 4.26. The molecule has 4 aromatic heterocycles. The van der Waals surface area contributed by atoms with E-state index in [4.69, 9.17) is 4.74 Å². The first-order valence-electron chi connectivity index (χ1n) is 12.3. The van der Waals surface area contributed by atoms with Gasteiger partial charge < -0.3 is 10.1 Å². The summed E-state index contributed by atoms with van der Waals surface area (Å²) in [7, 11) is 0. The number of ether oxygens (including phenoxy) is 1. The number of morpholine rings is 1. The van der Waals surface area contributed by atoms with Crippen LogP contribution < -0.4 is 10.3 Å². The summed E-state index contributed by atoms with van der Waals surface area (Å²) < 4.78 is 47.5. The smallest absolute Gasteiger partial charge is 0.379 e. The van der Waals surface area contributed by atoms with Gasteiger partial charge in [0.05, 0.1) is 36.4 Å². The van der Waals surface area contributed by atoms with Crippen LogP contribution in [0.1, 0.15) is 23.0 Å². The Balaban J connectivity index is 1.38. The van der Waals surface area contributed by atoms with E-state index in [0.717, 1.165) is 10.7 Å². The van der Waals surface area contributed by atoms with Gasteiger partial charge in [0, 0.05) is 43.8 Å². The highest BCUT2D eigenvalue weighted by molar-refractivity contribution is 6.07. The van der Waals surface area contributed by atoms with Gasteiger partial charge in [-0.15, -0.1) is 0 Å². The molecule has 1 saturated heterocycles. The minimum absolute atomic E-state index is 0.0537. The number of carbonyl (C=O) groups is 1. The fourth-order valence-corrected chi connectivity index (χ4v) is 4.26. The topological polar surface area (TPSA) is 101 Å². The van der Waals surface area contributed by atoms with Crippen LogP contribution in [-0.2, 0) is 10.9 Å². The number of nitrogens with zero attached hydrogens (tertiary/aromatic N) is 7. The van der Waals surface area contributed by atoms with Crippen LogP contribution in [0.4, 0.5) is 24.7 Å². The highest BCUT2D eigenvalue weighted by Crippen LogP contribution is 2.33. The molecular weight excluding hydrogens is 513 g/mol. The number of hydrogen-bond acceptors (Lipinski definition) is 8. The summed E-state index contributed by atoms with van der Waals surface area (Å²) in [5.41, 5.74) is 0.229. The minimum Gasteiger partial charge on any atom is -0.379 e. The van der Waals surface area contributed by atoms with Gasteiger partial charge in [-0.25, -0.2) is 19.7 Å². The summed E-state index contributed by atoms with van der Waals surface area (Å²) in [6.07, 6.45) is 1.20. The molecule has 0 aromatic carbocycles. The Morgan fingerprint density at radius 3 is 2.54 bits per heavy atom. The number of alkyl halides is 3. The van der Waals surface area contributed by atoms with Crippen molar-refractivity contribution in [3.8, 4) is 17.1 Å². The third-order valence-electron chi connectivity index (χ3n) is 6.08. The van der Waals surface area contributed by atoms with Crippen LogP contribution in [0, 0.1) is 0 Å². The van der Waals surface area contributed by atoms with E-state index in [1.165, 1.54) is 30.7 Å². The molecule has 1 aliphatic heterocycles. The molecule has 0 radical (unpaired) electrons. The lowest BCUT2D eigenvalue weighted by Crippen LogP contribution is -2.49. The molecule has 0 saturated carbocycles. The molecule has 39 heavy (non-hydrogen) atoms. The second-order valence-corrected chi connectivity index (χ2v) is 8.58. The van der Waals surface area contributed by atoms with Gasteiger partial charge in [-0.2, -0.15) is 18.3 Å². The van der Waals surface area contributed by atoms with Crippen LogP contribution in [0.5, 0.6) is 0 Å². The zero-order valence-electron chi connectivity index (χ0n) is 21.0. The van der Waals surface area contributed by atoms with E-state index in [1.807, 2.05) is 11.9 Å². The Kier molecular flexibility index (Phi) is 7.52. The van der Waals surface area contributed by atoms with Crippen LogP contribution in [0.3, 0.4) is 0 Å². The number of amides is 1. The maximum atomic E-state index is 13.8. The second kappa shape index (κ2) is 11.2. The first-order valence-corrected chi connectivity index (χ1v) is 12.3. The third-order valence-corrected chi connectivity index (χ3v) is 6.08. The van der Waals surface area contributed by atoms with E-state index >= 15 is 0 Å². The highest BCUT2D eigenvalue weighted by Gasteiger charge is 2.37. The summed E-state index contributed by atoms with van der Waals surface area (Å²) in [4.78, 5) is 25.8. The van der Waals surface area contributed by atoms with Crippen molar-refractivity contribution in [2.24, 2.45) is 0 Å². The zero-order valence-corrected chi connectivity index (χ0v) is 21.0. The monoisotopic (exact) mass is 538 g/mol.